The average Bonchev–Trinajstić information content (AvgIpc) is 2.83. The monoisotopic (exact) mass is 395 g/mol. The number of thiophene rings is 1. The van der Waals surface area contributed by atoms with Crippen LogP contribution in [0.5, 0.6) is 0 Å². The van der Waals surface area contributed by atoms with Gasteiger partial charge in [0.05, 0.1) is 11.5 Å². The third kappa shape index (κ3) is 3.81. The molecular formula is C12H11BrClNO3S2. The van der Waals surface area contributed by atoms with Crippen molar-refractivity contribution in [3.8, 4) is 0 Å². The van der Waals surface area contributed by atoms with Gasteiger partial charge in [-0.15, -0.1) is 11.3 Å². The predicted molar refractivity (Wildman–Crippen MR) is 83.4 cm³/mol. The van der Waals surface area contributed by atoms with E-state index in [2.05, 4.69) is 20.7 Å². The van der Waals surface area contributed by atoms with Crippen LogP contribution < -0.4 is 4.72 Å². The van der Waals surface area contributed by atoms with Gasteiger partial charge in [-0.2, -0.15) is 0 Å². The Bertz CT molecular complexity index is 715. The molecule has 0 bridgehead atoms. The SMILES string of the molecule is O=S(=O)(NCc1cc(Br)cs1)c1ccc(Cl)c(CO)c1. The van der Waals surface area contributed by atoms with Gasteiger partial charge < -0.3 is 5.11 Å². The maximum absolute atomic E-state index is 12.1. The van der Waals surface area contributed by atoms with E-state index in [-0.39, 0.29) is 18.0 Å². The molecule has 0 radical (unpaired) electrons. The number of halogens is 2. The molecule has 108 valence electrons. The number of rotatable bonds is 5. The lowest BCUT2D eigenvalue weighted by Gasteiger charge is -2.08. The molecule has 0 aliphatic carbocycles. The molecular weight excluding hydrogens is 386 g/mol. The van der Waals surface area contributed by atoms with Gasteiger partial charge in [0.2, 0.25) is 10.0 Å². The van der Waals surface area contributed by atoms with E-state index in [1.165, 1.54) is 29.5 Å². The molecule has 0 spiro atoms. The second-order valence-corrected chi connectivity index (χ2v) is 8.05. The van der Waals surface area contributed by atoms with Crippen LogP contribution in [-0.4, -0.2) is 13.5 Å². The molecule has 1 aromatic heterocycles. The normalized spacial score (nSPS) is 11.8. The number of hydrogen-bond donors (Lipinski definition) is 2. The van der Waals surface area contributed by atoms with Crippen molar-refractivity contribution in [2.45, 2.75) is 18.0 Å². The smallest absolute Gasteiger partial charge is 0.240 e. The second kappa shape index (κ2) is 6.55. The van der Waals surface area contributed by atoms with Crippen molar-refractivity contribution < 1.29 is 13.5 Å². The summed E-state index contributed by atoms with van der Waals surface area (Å²) in [4.78, 5) is 0.985. The van der Waals surface area contributed by atoms with Crippen molar-refractivity contribution >= 4 is 48.9 Å². The Morgan fingerprint density at radius 1 is 1.35 bits per heavy atom. The van der Waals surface area contributed by atoms with E-state index < -0.39 is 10.0 Å². The van der Waals surface area contributed by atoms with Gasteiger partial charge in [-0.1, -0.05) is 11.6 Å². The highest BCUT2D eigenvalue weighted by Gasteiger charge is 2.15. The molecule has 8 heteroatoms. The van der Waals surface area contributed by atoms with Crippen molar-refractivity contribution in [2.24, 2.45) is 0 Å². The van der Waals surface area contributed by atoms with Gasteiger partial charge in [-0.3, -0.25) is 0 Å². The molecule has 0 fully saturated rings. The Morgan fingerprint density at radius 2 is 2.10 bits per heavy atom. The van der Waals surface area contributed by atoms with Gasteiger partial charge >= 0.3 is 0 Å². The van der Waals surface area contributed by atoms with Crippen LogP contribution in [0.2, 0.25) is 5.02 Å². The maximum atomic E-state index is 12.1. The van der Waals surface area contributed by atoms with Gasteiger partial charge in [0.15, 0.2) is 0 Å². The predicted octanol–water partition coefficient (Wildman–Crippen LogP) is 3.13. The van der Waals surface area contributed by atoms with E-state index in [9.17, 15) is 8.42 Å². The summed E-state index contributed by atoms with van der Waals surface area (Å²) in [6.45, 7) is -0.0876. The zero-order valence-corrected chi connectivity index (χ0v) is 14.1. The highest BCUT2D eigenvalue weighted by molar-refractivity contribution is 9.10. The molecule has 0 amide bonds. The Hall–Kier alpha value is -0.440. The summed E-state index contributed by atoms with van der Waals surface area (Å²) >= 11 is 10.6. The minimum atomic E-state index is -3.63. The van der Waals surface area contributed by atoms with Crippen molar-refractivity contribution in [1.29, 1.82) is 0 Å². The average molecular weight is 397 g/mol. The fourth-order valence-electron chi connectivity index (χ4n) is 1.54. The molecule has 0 saturated carbocycles. The second-order valence-electron chi connectivity index (χ2n) is 3.97. The van der Waals surface area contributed by atoms with E-state index in [0.29, 0.717) is 10.6 Å². The quantitative estimate of drug-likeness (QED) is 0.816. The van der Waals surface area contributed by atoms with Crippen LogP contribution in [0.15, 0.2) is 39.0 Å². The first kappa shape index (κ1) is 15.9. The largest absolute Gasteiger partial charge is 0.392 e. The van der Waals surface area contributed by atoms with Gasteiger partial charge in [0, 0.05) is 26.3 Å². The minimum absolute atomic E-state index is 0.0848. The molecule has 0 saturated heterocycles. The first-order valence-corrected chi connectivity index (χ1v) is 9.07. The summed E-state index contributed by atoms with van der Waals surface area (Å²) in [6.07, 6.45) is 0. The minimum Gasteiger partial charge on any atom is -0.392 e. The van der Waals surface area contributed by atoms with Gasteiger partial charge in [0.1, 0.15) is 0 Å². The number of hydrogen-bond acceptors (Lipinski definition) is 4. The zero-order valence-electron chi connectivity index (χ0n) is 10.1. The number of benzene rings is 1. The number of nitrogens with one attached hydrogen (secondary N) is 1. The lowest BCUT2D eigenvalue weighted by molar-refractivity contribution is 0.281. The Morgan fingerprint density at radius 3 is 2.70 bits per heavy atom. The van der Waals surface area contributed by atoms with Crippen LogP contribution in [0.4, 0.5) is 0 Å². The standard InChI is InChI=1S/C12H11BrClNO3S2/c13-9-4-10(19-7-9)5-15-20(17,18)11-1-2-12(14)8(3-11)6-16/h1-4,7,15-16H,5-6H2. The molecule has 0 atom stereocenters. The van der Waals surface area contributed by atoms with E-state index in [0.717, 1.165) is 9.35 Å². The van der Waals surface area contributed by atoms with E-state index in [4.69, 9.17) is 16.7 Å². The fourth-order valence-corrected chi connectivity index (χ4v) is 4.25. The van der Waals surface area contributed by atoms with Gasteiger partial charge in [-0.05, 0) is 45.8 Å². The summed E-state index contributed by atoms with van der Waals surface area (Å²) in [5.74, 6) is 0. The summed E-state index contributed by atoms with van der Waals surface area (Å²) in [6, 6.07) is 6.10. The van der Waals surface area contributed by atoms with Crippen LogP contribution in [-0.2, 0) is 23.2 Å². The highest BCUT2D eigenvalue weighted by atomic mass is 79.9. The van der Waals surface area contributed by atoms with Crippen molar-refractivity contribution in [2.75, 3.05) is 0 Å². The van der Waals surface area contributed by atoms with E-state index in [1.807, 2.05) is 11.4 Å². The van der Waals surface area contributed by atoms with Crippen molar-refractivity contribution in [1.82, 2.24) is 4.72 Å². The third-order valence-corrected chi connectivity index (χ3v) is 6.02. The maximum Gasteiger partial charge on any atom is 0.240 e. The van der Waals surface area contributed by atoms with Crippen LogP contribution in [0, 0.1) is 0 Å². The molecule has 4 nitrogen and oxygen atoms in total. The third-order valence-electron chi connectivity index (χ3n) is 2.56. The first-order chi connectivity index (χ1) is 9.42. The first-order valence-electron chi connectivity index (χ1n) is 5.54. The summed E-state index contributed by atoms with van der Waals surface area (Å²) in [5.41, 5.74) is 0.383. The van der Waals surface area contributed by atoms with Crippen LogP contribution in [0.3, 0.4) is 0 Å². The molecule has 2 rings (SSSR count). The lowest BCUT2D eigenvalue weighted by atomic mass is 10.2. The highest BCUT2D eigenvalue weighted by Crippen LogP contribution is 2.22. The summed E-state index contributed by atoms with van der Waals surface area (Å²) < 4.78 is 27.7. The Labute approximate surface area is 134 Å². The molecule has 1 aromatic carbocycles. The van der Waals surface area contributed by atoms with Crippen LogP contribution >= 0.6 is 38.9 Å². The topological polar surface area (TPSA) is 66.4 Å². The lowest BCUT2D eigenvalue weighted by Crippen LogP contribution is -2.22. The number of aliphatic hydroxyl groups is 1. The molecule has 0 aliphatic heterocycles. The zero-order chi connectivity index (χ0) is 14.8. The molecule has 0 unspecified atom stereocenters. The molecule has 1 heterocycles. The van der Waals surface area contributed by atoms with Gasteiger partial charge in [0.25, 0.3) is 0 Å². The number of aliphatic hydroxyl groups excluding tert-OH is 1. The van der Waals surface area contributed by atoms with E-state index >= 15 is 0 Å². The molecule has 2 aromatic rings. The summed E-state index contributed by atoms with van der Waals surface area (Å²) in [5, 5.41) is 11.3. The number of sulfonamides is 1. The van der Waals surface area contributed by atoms with Gasteiger partial charge in [-0.25, -0.2) is 13.1 Å². The Balaban J connectivity index is 2.17. The fraction of sp³-hybridized carbons (Fsp3) is 0.167. The molecule has 0 aliphatic rings. The van der Waals surface area contributed by atoms with Crippen LogP contribution in [0.25, 0.3) is 0 Å². The molecule has 2 N–H and O–H groups in total. The van der Waals surface area contributed by atoms with Crippen molar-refractivity contribution in [3.05, 3.63) is 49.6 Å². The molecule has 20 heavy (non-hydrogen) atoms. The Kier molecular flexibility index (Phi) is 5.22. The van der Waals surface area contributed by atoms with E-state index in [1.54, 1.807) is 0 Å². The summed E-state index contributed by atoms with van der Waals surface area (Å²) in [7, 11) is -3.63. The van der Waals surface area contributed by atoms with Crippen molar-refractivity contribution in [3.63, 3.8) is 0 Å². The van der Waals surface area contributed by atoms with Crippen LogP contribution in [0.1, 0.15) is 10.4 Å².